The highest BCUT2D eigenvalue weighted by molar-refractivity contribution is 5.08. The monoisotopic (exact) mass is 193 g/mol. The zero-order valence-corrected chi connectivity index (χ0v) is 9.03. The van der Waals surface area contributed by atoms with Crippen LogP contribution in [-0.2, 0) is 5.54 Å². The van der Waals surface area contributed by atoms with Crippen molar-refractivity contribution < 1.29 is 0 Å². The fourth-order valence-electron chi connectivity index (χ4n) is 2.47. The van der Waals surface area contributed by atoms with Crippen LogP contribution in [-0.4, -0.2) is 9.55 Å². The number of imidazole rings is 1. The van der Waals surface area contributed by atoms with Gasteiger partial charge in [0.05, 0.1) is 12.0 Å². The van der Waals surface area contributed by atoms with Gasteiger partial charge in [0.25, 0.3) is 0 Å². The van der Waals surface area contributed by atoms with E-state index < -0.39 is 0 Å². The number of nitrogens with zero attached hydrogens (tertiary/aromatic N) is 2. The molecule has 1 aliphatic rings. The SMILES string of the molecule is C[C@H](N)c1cncn1C1(C)CCCC1. The quantitative estimate of drug-likeness (QED) is 0.782. The summed E-state index contributed by atoms with van der Waals surface area (Å²) in [5.41, 5.74) is 7.35. The van der Waals surface area contributed by atoms with Crippen molar-refractivity contribution in [2.75, 3.05) is 0 Å². The second kappa shape index (κ2) is 3.39. The van der Waals surface area contributed by atoms with Crippen molar-refractivity contribution in [3.05, 3.63) is 18.2 Å². The van der Waals surface area contributed by atoms with Gasteiger partial charge in [0, 0.05) is 17.8 Å². The lowest BCUT2D eigenvalue weighted by Crippen LogP contribution is -2.29. The van der Waals surface area contributed by atoms with Gasteiger partial charge in [0.15, 0.2) is 0 Å². The molecule has 0 radical (unpaired) electrons. The molecular formula is C11H19N3. The molecule has 1 aromatic heterocycles. The molecule has 2 rings (SSSR count). The van der Waals surface area contributed by atoms with Crippen molar-refractivity contribution >= 4 is 0 Å². The number of nitrogens with two attached hydrogens (primary N) is 1. The third kappa shape index (κ3) is 1.46. The molecule has 0 unspecified atom stereocenters. The lowest BCUT2D eigenvalue weighted by Gasteiger charge is -2.28. The molecule has 1 saturated carbocycles. The first-order valence-corrected chi connectivity index (χ1v) is 5.42. The maximum absolute atomic E-state index is 5.92. The fourth-order valence-corrected chi connectivity index (χ4v) is 2.47. The minimum absolute atomic E-state index is 0.0786. The summed E-state index contributed by atoms with van der Waals surface area (Å²) in [6.45, 7) is 4.33. The average Bonchev–Trinajstić information content (AvgIpc) is 2.71. The Hall–Kier alpha value is -0.830. The van der Waals surface area contributed by atoms with Gasteiger partial charge in [-0.25, -0.2) is 4.98 Å². The zero-order valence-electron chi connectivity index (χ0n) is 9.03. The lowest BCUT2D eigenvalue weighted by atomic mass is 9.99. The number of rotatable bonds is 2. The predicted molar refractivity (Wildman–Crippen MR) is 56.9 cm³/mol. The summed E-state index contributed by atoms with van der Waals surface area (Å²) in [4.78, 5) is 4.22. The molecule has 3 heteroatoms. The average molecular weight is 193 g/mol. The summed E-state index contributed by atoms with van der Waals surface area (Å²) in [5.74, 6) is 0. The lowest BCUT2D eigenvalue weighted by molar-refractivity contribution is 0.315. The molecule has 0 aliphatic heterocycles. The van der Waals surface area contributed by atoms with Gasteiger partial charge in [-0.05, 0) is 26.7 Å². The predicted octanol–water partition coefficient (Wildman–Crippen LogP) is 2.19. The Morgan fingerprint density at radius 1 is 1.50 bits per heavy atom. The van der Waals surface area contributed by atoms with Crippen LogP contribution in [0.3, 0.4) is 0 Å². The van der Waals surface area contributed by atoms with Gasteiger partial charge in [-0.15, -0.1) is 0 Å². The van der Waals surface area contributed by atoms with Crippen LogP contribution in [0.1, 0.15) is 51.3 Å². The van der Waals surface area contributed by atoms with Crippen molar-refractivity contribution in [3.63, 3.8) is 0 Å². The molecule has 0 bridgehead atoms. The van der Waals surface area contributed by atoms with Crippen LogP contribution in [0.5, 0.6) is 0 Å². The van der Waals surface area contributed by atoms with Crippen molar-refractivity contribution in [2.45, 2.75) is 51.1 Å². The maximum Gasteiger partial charge on any atom is 0.0953 e. The van der Waals surface area contributed by atoms with Crippen LogP contribution >= 0.6 is 0 Å². The summed E-state index contributed by atoms with van der Waals surface area (Å²) in [5, 5.41) is 0. The van der Waals surface area contributed by atoms with Gasteiger partial charge in [-0.2, -0.15) is 0 Å². The van der Waals surface area contributed by atoms with E-state index in [1.54, 1.807) is 0 Å². The minimum atomic E-state index is 0.0786. The molecule has 3 nitrogen and oxygen atoms in total. The molecule has 1 aliphatic carbocycles. The largest absolute Gasteiger partial charge is 0.327 e. The number of hydrogen-bond acceptors (Lipinski definition) is 2. The van der Waals surface area contributed by atoms with Crippen LogP contribution < -0.4 is 5.73 Å². The van der Waals surface area contributed by atoms with E-state index in [1.807, 2.05) is 19.4 Å². The fraction of sp³-hybridized carbons (Fsp3) is 0.727. The first-order valence-electron chi connectivity index (χ1n) is 5.42. The van der Waals surface area contributed by atoms with Crippen LogP contribution in [0.2, 0.25) is 0 Å². The van der Waals surface area contributed by atoms with E-state index >= 15 is 0 Å². The van der Waals surface area contributed by atoms with Crippen molar-refractivity contribution in [2.24, 2.45) is 5.73 Å². The standard InChI is InChI=1S/C11H19N3/c1-9(12)10-7-13-8-14(10)11(2)5-3-4-6-11/h7-9H,3-6,12H2,1-2H3/t9-/m0/s1. The van der Waals surface area contributed by atoms with Gasteiger partial charge in [-0.1, -0.05) is 12.8 Å². The molecule has 1 heterocycles. The molecule has 1 fully saturated rings. The van der Waals surface area contributed by atoms with Gasteiger partial charge < -0.3 is 10.3 Å². The van der Waals surface area contributed by atoms with Crippen LogP contribution in [0, 0.1) is 0 Å². The minimum Gasteiger partial charge on any atom is -0.327 e. The molecule has 1 atom stereocenters. The second-order valence-electron chi connectivity index (χ2n) is 4.68. The second-order valence-corrected chi connectivity index (χ2v) is 4.68. The number of hydrogen-bond donors (Lipinski definition) is 1. The van der Waals surface area contributed by atoms with E-state index in [4.69, 9.17) is 5.73 Å². The van der Waals surface area contributed by atoms with Gasteiger partial charge in [0.1, 0.15) is 0 Å². The van der Waals surface area contributed by atoms with E-state index in [9.17, 15) is 0 Å². The molecule has 14 heavy (non-hydrogen) atoms. The summed E-state index contributed by atoms with van der Waals surface area (Å²) < 4.78 is 2.28. The van der Waals surface area contributed by atoms with Crippen LogP contribution in [0.25, 0.3) is 0 Å². The summed E-state index contributed by atoms with van der Waals surface area (Å²) in [6.07, 6.45) is 8.99. The third-order valence-corrected chi connectivity index (χ3v) is 3.40. The van der Waals surface area contributed by atoms with Crippen molar-refractivity contribution in [3.8, 4) is 0 Å². The topological polar surface area (TPSA) is 43.8 Å². The third-order valence-electron chi connectivity index (χ3n) is 3.40. The molecule has 78 valence electrons. The molecule has 2 N–H and O–H groups in total. The normalized spacial score (nSPS) is 22.5. The van der Waals surface area contributed by atoms with Crippen molar-refractivity contribution in [1.82, 2.24) is 9.55 Å². The summed E-state index contributed by atoms with van der Waals surface area (Å²) >= 11 is 0. The van der Waals surface area contributed by atoms with E-state index in [0.717, 1.165) is 5.69 Å². The van der Waals surface area contributed by atoms with Gasteiger partial charge in [-0.3, -0.25) is 0 Å². The van der Waals surface area contributed by atoms with Gasteiger partial charge in [0.2, 0.25) is 0 Å². The molecule has 0 amide bonds. The highest BCUT2D eigenvalue weighted by Crippen LogP contribution is 2.37. The Morgan fingerprint density at radius 2 is 2.14 bits per heavy atom. The van der Waals surface area contributed by atoms with Crippen LogP contribution in [0.15, 0.2) is 12.5 Å². The van der Waals surface area contributed by atoms with E-state index in [2.05, 4.69) is 16.5 Å². The molecule has 0 spiro atoms. The van der Waals surface area contributed by atoms with Crippen molar-refractivity contribution in [1.29, 1.82) is 0 Å². The molecule has 1 aromatic rings. The molecular weight excluding hydrogens is 174 g/mol. The Balaban J connectivity index is 2.35. The highest BCUT2D eigenvalue weighted by atomic mass is 15.1. The van der Waals surface area contributed by atoms with E-state index in [-0.39, 0.29) is 11.6 Å². The van der Waals surface area contributed by atoms with Crippen LogP contribution in [0.4, 0.5) is 0 Å². The smallest absolute Gasteiger partial charge is 0.0953 e. The Morgan fingerprint density at radius 3 is 2.71 bits per heavy atom. The number of aromatic nitrogens is 2. The summed E-state index contributed by atoms with van der Waals surface area (Å²) in [6, 6.07) is 0.0786. The highest BCUT2D eigenvalue weighted by Gasteiger charge is 2.32. The van der Waals surface area contributed by atoms with E-state index in [1.165, 1.54) is 25.7 Å². The maximum atomic E-state index is 5.92. The van der Waals surface area contributed by atoms with Gasteiger partial charge >= 0.3 is 0 Å². The zero-order chi connectivity index (χ0) is 10.2. The Labute approximate surface area is 85.3 Å². The van der Waals surface area contributed by atoms with E-state index in [0.29, 0.717) is 0 Å². The molecule has 0 aromatic carbocycles. The first kappa shape index (κ1) is 9.71. The Bertz CT molecular complexity index is 308. The Kier molecular flexibility index (Phi) is 2.35. The molecule has 0 saturated heterocycles. The first-order chi connectivity index (χ1) is 6.63. The summed E-state index contributed by atoms with van der Waals surface area (Å²) in [7, 11) is 0.